The molecule has 3 aromatic carbocycles. The highest BCUT2D eigenvalue weighted by atomic mass is 35.5. The molecular formula is C28H31Cl2F5N2S. The second-order valence-electron chi connectivity index (χ2n) is 9.05. The van der Waals surface area contributed by atoms with Crippen LogP contribution in [0.2, 0.25) is 0 Å². The minimum Gasteiger partial charge on any atom is -0.313 e. The van der Waals surface area contributed by atoms with Gasteiger partial charge in [-0.05, 0) is 79.0 Å². The Morgan fingerprint density at radius 1 is 0.789 bits per heavy atom. The maximum atomic E-state index is 13.4. The van der Waals surface area contributed by atoms with E-state index in [1.807, 2.05) is 0 Å². The van der Waals surface area contributed by atoms with Crippen molar-refractivity contribution in [1.82, 2.24) is 10.2 Å². The van der Waals surface area contributed by atoms with Gasteiger partial charge in [0, 0.05) is 24.9 Å². The van der Waals surface area contributed by atoms with Crippen LogP contribution in [0.5, 0.6) is 0 Å². The van der Waals surface area contributed by atoms with E-state index in [4.69, 9.17) is 0 Å². The third-order valence-corrected chi connectivity index (χ3v) is 7.76. The number of piperidine rings is 1. The summed E-state index contributed by atoms with van der Waals surface area (Å²) in [5, 5.41) is 3.60. The van der Waals surface area contributed by atoms with Crippen LogP contribution in [0, 0.1) is 11.6 Å². The topological polar surface area (TPSA) is 15.3 Å². The van der Waals surface area contributed by atoms with Gasteiger partial charge in [-0.15, -0.1) is 36.6 Å². The monoisotopic (exact) mass is 592 g/mol. The average molecular weight is 594 g/mol. The lowest BCUT2D eigenvalue weighted by Gasteiger charge is -2.32. The van der Waals surface area contributed by atoms with Crippen LogP contribution in [-0.4, -0.2) is 36.3 Å². The summed E-state index contributed by atoms with van der Waals surface area (Å²) in [5.41, 5.74) is 2.22. The average Bonchev–Trinajstić information content (AvgIpc) is 2.86. The summed E-state index contributed by atoms with van der Waals surface area (Å²) in [6, 6.07) is 18.7. The molecule has 0 aliphatic carbocycles. The van der Waals surface area contributed by atoms with E-state index in [1.54, 1.807) is 48.2 Å². The Morgan fingerprint density at radius 3 is 1.76 bits per heavy atom. The fraction of sp³-hybridized carbons (Fsp3) is 0.357. The van der Waals surface area contributed by atoms with E-state index in [1.165, 1.54) is 24.3 Å². The van der Waals surface area contributed by atoms with Gasteiger partial charge in [-0.3, -0.25) is 4.90 Å². The van der Waals surface area contributed by atoms with Crippen molar-refractivity contribution >= 4 is 36.6 Å². The predicted octanol–water partition coefficient (Wildman–Crippen LogP) is 7.90. The van der Waals surface area contributed by atoms with Crippen LogP contribution in [0.4, 0.5) is 22.0 Å². The molecule has 1 N–H and O–H groups in total. The second-order valence-corrected chi connectivity index (χ2v) is 10.3. The highest BCUT2D eigenvalue weighted by Gasteiger charge is 2.30. The molecule has 1 saturated heterocycles. The first-order valence-electron chi connectivity index (χ1n) is 12.0. The third-order valence-electron chi connectivity index (χ3n) is 6.44. The highest BCUT2D eigenvalue weighted by molar-refractivity contribution is 7.99. The molecule has 1 fully saturated rings. The van der Waals surface area contributed by atoms with E-state index < -0.39 is 11.7 Å². The van der Waals surface area contributed by atoms with Gasteiger partial charge in [0.2, 0.25) is 0 Å². The molecular weight excluding hydrogens is 562 g/mol. The van der Waals surface area contributed by atoms with Gasteiger partial charge in [0.1, 0.15) is 11.6 Å². The number of thioether (sulfide) groups is 1. The Hall–Kier alpha value is -1.84. The number of rotatable bonds is 9. The molecule has 0 atom stereocenters. The van der Waals surface area contributed by atoms with Crippen LogP contribution in [0.15, 0.2) is 72.8 Å². The Morgan fingerprint density at radius 2 is 1.29 bits per heavy atom. The molecule has 0 spiro atoms. The predicted molar refractivity (Wildman–Crippen MR) is 149 cm³/mol. The largest absolute Gasteiger partial charge is 0.416 e. The first-order chi connectivity index (χ1) is 17.3. The minimum atomic E-state index is -4.31. The lowest BCUT2D eigenvalue weighted by Crippen LogP contribution is -2.42. The molecule has 1 heterocycles. The standard InChI is InChI=1S/C28H29F5N2S.2ClH/c29-24-9-3-21(4-10-24)27(22-5-11-25(30)12-6-22)36-18-15-34-26-13-16-35(17-14-26)19-20-1-7-23(8-2-20)28(31,32)33;;/h1-12,26-27,34H,13-19H2;2*1H. The fourth-order valence-corrected chi connectivity index (χ4v) is 5.62. The molecule has 1 aliphatic rings. The molecule has 0 radical (unpaired) electrons. The molecule has 3 aromatic rings. The minimum absolute atomic E-state index is 0. The van der Waals surface area contributed by atoms with Gasteiger partial charge in [-0.25, -0.2) is 8.78 Å². The maximum absolute atomic E-state index is 13.4. The van der Waals surface area contributed by atoms with Crippen LogP contribution in [0.1, 0.15) is 40.3 Å². The summed E-state index contributed by atoms with van der Waals surface area (Å²) in [5.74, 6) is 0.270. The van der Waals surface area contributed by atoms with Crippen molar-refractivity contribution in [3.8, 4) is 0 Å². The quantitative estimate of drug-likeness (QED) is 0.201. The SMILES string of the molecule is Cl.Cl.Fc1ccc(C(SCCNC2CCN(Cc3ccc(C(F)(F)F)cc3)CC2)c2ccc(F)cc2)cc1. The van der Waals surface area contributed by atoms with Crippen molar-refractivity contribution in [3.63, 3.8) is 0 Å². The molecule has 208 valence electrons. The van der Waals surface area contributed by atoms with Crippen molar-refractivity contribution < 1.29 is 22.0 Å². The molecule has 0 bridgehead atoms. The molecule has 0 amide bonds. The van der Waals surface area contributed by atoms with Crippen LogP contribution >= 0.6 is 36.6 Å². The molecule has 0 unspecified atom stereocenters. The zero-order chi connectivity index (χ0) is 25.5. The van der Waals surface area contributed by atoms with Crippen molar-refractivity contribution in [2.45, 2.75) is 36.9 Å². The number of hydrogen-bond acceptors (Lipinski definition) is 3. The Labute approximate surface area is 237 Å². The van der Waals surface area contributed by atoms with E-state index in [0.29, 0.717) is 12.6 Å². The van der Waals surface area contributed by atoms with Gasteiger partial charge in [0.15, 0.2) is 0 Å². The smallest absolute Gasteiger partial charge is 0.313 e. The van der Waals surface area contributed by atoms with Crippen LogP contribution in [-0.2, 0) is 12.7 Å². The zero-order valence-electron chi connectivity index (χ0n) is 20.6. The van der Waals surface area contributed by atoms with Gasteiger partial charge in [0.25, 0.3) is 0 Å². The number of hydrogen-bond donors (Lipinski definition) is 1. The zero-order valence-corrected chi connectivity index (χ0v) is 23.0. The molecule has 10 heteroatoms. The van der Waals surface area contributed by atoms with Gasteiger partial charge in [0.05, 0.1) is 10.8 Å². The Bertz CT molecular complexity index is 1040. The van der Waals surface area contributed by atoms with E-state index >= 15 is 0 Å². The summed E-state index contributed by atoms with van der Waals surface area (Å²) >= 11 is 1.74. The number of nitrogens with zero attached hydrogens (tertiary/aromatic N) is 1. The molecule has 2 nitrogen and oxygen atoms in total. The van der Waals surface area contributed by atoms with Crippen molar-refractivity contribution in [2.75, 3.05) is 25.4 Å². The summed E-state index contributed by atoms with van der Waals surface area (Å²) in [6.45, 7) is 3.24. The highest BCUT2D eigenvalue weighted by Crippen LogP contribution is 2.35. The second kappa shape index (κ2) is 15.1. The van der Waals surface area contributed by atoms with Crippen LogP contribution < -0.4 is 5.32 Å². The summed E-state index contributed by atoms with van der Waals surface area (Å²) in [4.78, 5) is 2.27. The number of halogens is 7. The van der Waals surface area contributed by atoms with Crippen molar-refractivity contribution in [2.24, 2.45) is 0 Å². The van der Waals surface area contributed by atoms with E-state index in [-0.39, 0.29) is 41.7 Å². The Balaban J connectivity index is 0.00000253. The number of alkyl halides is 3. The normalized spacial score (nSPS) is 14.7. The van der Waals surface area contributed by atoms with Crippen molar-refractivity contribution in [1.29, 1.82) is 0 Å². The van der Waals surface area contributed by atoms with Gasteiger partial charge < -0.3 is 5.32 Å². The van der Waals surface area contributed by atoms with Crippen LogP contribution in [0.25, 0.3) is 0 Å². The van der Waals surface area contributed by atoms with E-state index in [9.17, 15) is 22.0 Å². The van der Waals surface area contributed by atoms with Gasteiger partial charge >= 0.3 is 6.18 Å². The summed E-state index contributed by atoms with van der Waals surface area (Å²) < 4.78 is 65.1. The molecule has 4 rings (SSSR count). The molecule has 0 saturated carbocycles. The first-order valence-corrected chi connectivity index (χ1v) is 13.1. The molecule has 1 aliphatic heterocycles. The van der Waals surface area contributed by atoms with E-state index in [0.717, 1.165) is 67.1 Å². The number of likely N-dealkylation sites (tertiary alicyclic amines) is 1. The number of benzene rings is 3. The van der Waals surface area contributed by atoms with Crippen LogP contribution in [0.3, 0.4) is 0 Å². The van der Waals surface area contributed by atoms with Crippen molar-refractivity contribution in [3.05, 3.63) is 107 Å². The summed E-state index contributed by atoms with van der Waals surface area (Å²) in [6.07, 6.45) is -2.35. The fourth-order valence-electron chi connectivity index (χ4n) is 4.45. The molecule has 38 heavy (non-hydrogen) atoms. The maximum Gasteiger partial charge on any atom is 0.416 e. The van der Waals surface area contributed by atoms with Gasteiger partial charge in [-0.1, -0.05) is 36.4 Å². The summed E-state index contributed by atoms with van der Waals surface area (Å²) in [7, 11) is 0. The Kier molecular flexibility index (Phi) is 12.8. The molecule has 0 aromatic heterocycles. The lowest BCUT2D eigenvalue weighted by atomic mass is 10.0. The van der Waals surface area contributed by atoms with E-state index in [2.05, 4.69) is 10.2 Å². The van der Waals surface area contributed by atoms with Gasteiger partial charge in [-0.2, -0.15) is 13.2 Å². The number of nitrogens with one attached hydrogen (secondary N) is 1. The first kappa shape index (κ1) is 32.4. The lowest BCUT2D eigenvalue weighted by molar-refractivity contribution is -0.137. The third kappa shape index (κ3) is 9.42.